The molecule has 0 heterocycles. The van der Waals surface area contributed by atoms with E-state index < -0.39 is 0 Å². The summed E-state index contributed by atoms with van der Waals surface area (Å²) in [6, 6.07) is 31.8. The van der Waals surface area contributed by atoms with Crippen molar-refractivity contribution in [3.05, 3.63) is 126 Å². The van der Waals surface area contributed by atoms with E-state index in [4.69, 9.17) is 0 Å². The molecule has 1 unspecified atom stereocenters. The minimum Gasteiger partial charge on any atom is -0.103 e. The Morgan fingerprint density at radius 3 is 1.62 bits per heavy atom. The van der Waals surface area contributed by atoms with Crippen molar-refractivity contribution in [2.24, 2.45) is 0 Å². The summed E-state index contributed by atoms with van der Waals surface area (Å²) < 4.78 is 0. The maximum absolute atomic E-state index is 3.95. The minimum atomic E-state index is 0.319. The van der Waals surface area contributed by atoms with E-state index in [1.165, 1.54) is 22.3 Å². The van der Waals surface area contributed by atoms with Crippen molar-refractivity contribution in [2.75, 3.05) is 0 Å². The average molecular weight is 310 g/mol. The van der Waals surface area contributed by atoms with Gasteiger partial charge in [0.15, 0.2) is 0 Å². The molecule has 0 aromatic heterocycles. The van der Waals surface area contributed by atoms with Crippen LogP contribution in [0, 0.1) is 0 Å². The van der Waals surface area contributed by atoms with Gasteiger partial charge in [0, 0.05) is 5.92 Å². The van der Waals surface area contributed by atoms with E-state index in [9.17, 15) is 0 Å². The van der Waals surface area contributed by atoms with Crippen molar-refractivity contribution in [1.29, 1.82) is 0 Å². The molecule has 0 saturated heterocycles. The Balaban J connectivity index is 2.09. The summed E-state index contributed by atoms with van der Waals surface area (Å²) in [5, 5.41) is 0. The van der Waals surface area contributed by atoms with Crippen molar-refractivity contribution >= 4 is 5.57 Å². The predicted octanol–water partition coefficient (Wildman–Crippen LogP) is 6.48. The Hall–Kier alpha value is -2.86. The number of allylic oxidation sites excluding steroid dienone is 2. The topological polar surface area (TPSA) is 0 Å². The zero-order valence-corrected chi connectivity index (χ0v) is 13.8. The summed E-state index contributed by atoms with van der Waals surface area (Å²) in [4.78, 5) is 0. The minimum absolute atomic E-state index is 0.319. The van der Waals surface area contributed by atoms with Gasteiger partial charge in [-0.3, -0.25) is 0 Å². The second-order valence-electron chi connectivity index (χ2n) is 5.85. The fourth-order valence-electron chi connectivity index (χ4n) is 2.98. The SMILES string of the molecule is C=CCC(C=C(c1ccccc1)c1ccccc1)c1ccccc1. The van der Waals surface area contributed by atoms with Crippen molar-refractivity contribution in [1.82, 2.24) is 0 Å². The van der Waals surface area contributed by atoms with Gasteiger partial charge < -0.3 is 0 Å². The zero-order chi connectivity index (χ0) is 16.6. The third-order valence-corrected chi connectivity index (χ3v) is 4.19. The normalized spacial score (nSPS) is 11.5. The largest absolute Gasteiger partial charge is 0.103 e. The summed E-state index contributed by atoms with van der Waals surface area (Å²) in [6.07, 6.45) is 5.30. The van der Waals surface area contributed by atoms with Gasteiger partial charge in [-0.1, -0.05) is 103 Å². The highest BCUT2D eigenvalue weighted by Gasteiger charge is 2.11. The molecule has 3 aromatic rings. The lowest BCUT2D eigenvalue weighted by atomic mass is 9.89. The second kappa shape index (κ2) is 8.12. The van der Waals surface area contributed by atoms with E-state index in [1.807, 2.05) is 6.08 Å². The molecule has 0 radical (unpaired) electrons. The monoisotopic (exact) mass is 310 g/mol. The molecule has 0 saturated carbocycles. The van der Waals surface area contributed by atoms with Gasteiger partial charge in [-0.25, -0.2) is 0 Å². The molecule has 0 aliphatic rings. The second-order valence-corrected chi connectivity index (χ2v) is 5.85. The Bertz CT molecular complexity index is 742. The summed E-state index contributed by atoms with van der Waals surface area (Å²) in [5.41, 5.74) is 5.08. The van der Waals surface area contributed by atoms with Crippen LogP contribution in [0.3, 0.4) is 0 Å². The third kappa shape index (κ3) is 3.91. The van der Waals surface area contributed by atoms with Crippen LogP contribution in [0.15, 0.2) is 110 Å². The first kappa shape index (κ1) is 16.0. The zero-order valence-electron chi connectivity index (χ0n) is 13.8. The van der Waals surface area contributed by atoms with Crippen LogP contribution in [0.5, 0.6) is 0 Å². The van der Waals surface area contributed by atoms with Crippen LogP contribution in [0.25, 0.3) is 5.57 Å². The summed E-state index contributed by atoms with van der Waals surface area (Å²) in [5.74, 6) is 0.319. The first-order valence-electron chi connectivity index (χ1n) is 8.37. The van der Waals surface area contributed by atoms with Crippen molar-refractivity contribution in [2.45, 2.75) is 12.3 Å². The van der Waals surface area contributed by atoms with E-state index in [1.54, 1.807) is 0 Å². The van der Waals surface area contributed by atoms with Crippen LogP contribution in [0.1, 0.15) is 29.0 Å². The van der Waals surface area contributed by atoms with Crippen LogP contribution < -0.4 is 0 Å². The molecule has 0 spiro atoms. The van der Waals surface area contributed by atoms with E-state index in [0.717, 1.165) is 6.42 Å². The molecule has 0 N–H and O–H groups in total. The summed E-state index contributed by atoms with van der Waals surface area (Å²) in [7, 11) is 0. The molecule has 3 aromatic carbocycles. The first-order valence-corrected chi connectivity index (χ1v) is 8.37. The lowest BCUT2D eigenvalue weighted by Gasteiger charge is -2.16. The van der Waals surface area contributed by atoms with Gasteiger partial charge in [0.25, 0.3) is 0 Å². The lowest BCUT2D eigenvalue weighted by molar-refractivity contribution is 0.866. The van der Waals surface area contributed by atoms with Gasteiger partial charge in [-0.2, -0.15) is 0 Å². The Kier molecular flexibility index (Phi) is 5.42. The Morgan fingerprint density at radius 1 is 0.708 bits per heavy atom. The number of hydrogen-bond acceptors (Lipinski definition) is 0. The van der Waals surface area contributed by atoms with E-state index in [0.29, 0.717) is 5.92 Å². The van der Waals surface area contributed by atoms with Crippen LogP contribution in [0.2, 0.25) is 0 Å². The highest BCUT2D eigenvalue weighted by Crippen LogP contribution is 2.30. The molecule has 0 aliphatic heterocycles. The molecular weight excluding hydrogens is 288 g/mol. The molecule has 1 atom stereocenters. The molecule has 0 fully saturated rings. The van der Waals surface area contributed by atoms with Crippen molar-refractivity contribution < 1.29 is 0 Å². The quantitative estimate of drug-likeness (QED) is 0.457. The average Bonchev–Trinajstić information content (AvgIpc) is 2.67. The van der Waals surface area contributed by atoms with E-state index >= 15 is 0 Å². The molecule has 3 rings (SSSR count). The van der Waals surface area contributed by atoms with Gasteiger partial charge >= 0.3 is 0 Å². The van der Waals surface area contributed by atoms with Crippen LogP contribution >= 0.6 is 0 Å². The molecule has 0 heteroatoms. The number of rotatable bonds is 6. The number of benzene rings is 3. The van der Waals surface area contributed by atoms with Crippen LogP contribution in [0.4, 0.5) is 0 Å². The summed E-state index contributed by atoms with van der Waals surface area (Å²) >= 11 is 0. The molecule has 118 valence electrons. The highest BCUT2D eigenvalue weighted by atomic mass is 14.2. The number of hydrogen-bond donors (Lipinski definition) is 0. The molecular formula is C24H22. The summed E-state index contributed by atoms with van der Waals surface area (Å²) in [6.45, 7) is 3.95. The maximum Gasteiger partial charge on any atom is 0.00617 e. The molecule has 0 amide bonds. The molecule has 24 heavy (non-hydrogen) atoms. The van der Waals surface area contributed by atoms with Gasteiger partial charge in [-0.05, 0) is 28.7 Å². The van der Waals surface area contributed by atoms with Gasteiger partial charge in [0.2, 0.25) is 0 Å². The Labute approximate surface area is 144 Å². The van der Waals surface area contributed by atoms with Crippen molar-refractivity contribution in [3.8, 4) is 0 Å². The fraction of sp³-hybridized carbons (Fsp3) is 0.0833. The first-order chi connectivity index (χ1) is 11.9. The van der Waals surface area contributed by atoms with Gasteiger partial charge in [-0.15, -0.1) is 6.58 Å². The van der Waals surface area contributed by atoms with Crippen LogP contribution in [-0.4, -0.2) is 0 Å². The smallest absolute Gasteiger partial charge is 0.00617 e. The molecule has 0 bridgehead atoms. The molecule has 0 aliphatic carbocycles. The van der Waals surface area contributed by atoms with Crippen LogP contribution in [-0.2, 0) is 0 Å². The van der Waals surface area contributed by atoms with E-state index in [-0.39, 0.29) is 0 Å². The third-order valence-electron chi connectivity index (χ3n) is 4.19. The Morgan fingerprint density at radius 2 is 1.17 bits per heavy atom. The lowest BCUT2D eigenvalue weighted by Crippen LogP contribution is -1.97. The van der Waals surface area contributed by atoms with Gasteiger partial charge in [0.05, 0.1) is 0 Å². The fourth-order valence-corrected chi connectivity index (χ4v) is 2.98. The van der Waals surface area contributed by atoms with Crippen molar-refractivity contribution in [3.63, 3.8) is 0 Å². The molecule has 0 nitrogen and oxygen atoms in total. The predicted molar refractivity (Wildman–Crippen MR) is 104 cm³/mol. The maximum atomic E-state index is 3.95. The highest BCUT2D eigenvalue weighted by molar-refractivity contribution is 5.80. The standard InChI is InChI=1S/C24H22/c1-2-12-23(20-13-6-3-7-14-20)19-24(21-15-8-4-9-16-21)22-17-10-5-11-18-22/h2-11,13-19,23H,1,12H2. The van der Waals surface area contributed by atoms with Gasteiger partial charge in [0.1, 0.15) is 0 Å². The van der Waals surface area contributed by atoms with E-state index in [2.05, 4.69) is 104 Å².